The van der Waals surface area contributed by atoms with E-state index in [9.17, 15) is 9.18 Å². The van der Waals surface area contributed by atoms with Crippen LogP contribution in [-0.4, -0.2) is 47.9 Å². The molecule has 1 aliphatic carbocycles. The van der Waals surface area contributed by atoms with E-state index < -0.39 is 0 Å². The molecule has 3 aliphatic heterocycles. The number of benzene rings is 1. The molecule has 0 radical (unpaired) electrons. The van der Waals surface area contributed by atoms with E-state index in [4.69, 9.17) is 0 Å². The summed E-state index contributed by atoms with van der Waals surface area (Å²) >= 11 is 0. The van der Waals surface area contributed by atoms with Crippen molar-refractivity contribution in [1.29, 1.82) is 0 Å². The van der Waals surface area contributed by atoms with E-state index in [1.165, 1.54) is 44.5 Å². The number of hydrogen-bond donors (Lipinski definition) is 0. The Morgan fingerprint density at radius 1 is 1.08 bits per heavy atom. The van der Waals surface area contributed by atoms with Crippen LogP contribution in [0.3, 0.4) is 0 Å². The van der Waals surface area contributed by atoms with Gasteiger partial charge in [0.05, 0.1) is 5.41 Å². The van der Waals surface area contributed by atoms with Crippen molar-refractivity contribution < 1.29 is 9.18 Å². The summed E-state index contributed by atoms with van der Waals surface area (Å²) in [5.41, 5.74) is 0.656. The van der Waals surface area contributed by atoms with Crippen molar-refractivity contribution in [1.82, 2.24) is 9.80 Å². The molecule has 1 amide bonds. The minimum atomic E-state index is -0.349. The summed E-state index contributed by atoms with van der Waals surface area (Å²) < 4.78 is 13.2. The first-order chi connectivity index (χ1) is 11.7. The van der Waals surface area contributed by atoms with Gasteiger partial charge in [0.1, 0.15) is 5.82 Å². The van der Waals surface area contributed by atoms with E-state index >= 15 is 0 Å². The Morgan fingerprint density at radius 2 is 1.88 bits per heavy atom. The molecular weight excluding hydrogens is 303 g/mol. The van der Waals surface area contributed by atoms with Gasteiger partial charge >= 0.3 is 0 Å². The second-order valence-electron chi connectivity index (χ2n) is 8.28. The molecule has 1 aromatic carbocycles. The predicted molar refractivity (Wildman–Crippen MR) is 90.1 cm³/mol. The lowest BCUT2D eigenvalue weighted by atomic mass is 9.90. The highest BCUT2D eigenvalue weighted by Gasteiger charge is 2.56. The number of halogens is 1. The van der Waals surface area contributed by atoms with Gasteiger partial charge in [-0.05, 0) is 61.8 Å². The number of nitrogens with zero attached hydrogens (tertiary/aromatic N) is 2. The first-order valence-corrected chi connectivity index (χ1v) is 9.47. The van der Waals surface area contributed by atoms with Gasteiger partial charge in [0.2, 0.25) is 5.91 Å². The SMILES string of the molecule is O=C(N1C[C@@H]2CN3CCCC[C@@H]3[C@H]2C1)C1(c2ccc(F)cc2)CC1. The molecule has 4 fully saturated rings. The zero-order valence-corrected chi connectivity index (χ0v) is 14.1. The summed E-state index contributed by atoms with van der Waals surface area (Å²) in [5.74, 6) is 1.42. The van der Waals surface area contributed by atoms with Gasteiger partial charge in [-0.2, -0.15) is 0 Å². The van der Waals surface area contributed by atoms with E-state index in [1.807, 2.05) is 0 Å². The van der Waals surface area contributed by atoms with Crippen LogP contribution in [0.2, 0.25) is 0 Å². The normalized spacial score (nSPS) is 34.0. The zero-order chi connectivity index (χ0) is 16.3. The van der Waals surface area contributed by atoms with Crippen LogP contribution >= 0.6 is 0 Å². The molecule has 1 aromatic rings. The molecule has 0 bridgehead atoms. The number of fused-ring (bicyclic) bond motifs is 3. The fourth-order valence-corrected chi connectivity index (χ4v) is 5.54. The molecule has 1 saturated carbocycles. The number of likely N-dealkylation sites (tertiary alicyclic amines) is 1. The predicted octanol–water partition coefficient (Wildman–Crippen LogP) is 2.80. The van der Waals surface area contributed by atoms with E-state index in [-0.39, 0.29) is 11.2 Å². The second-order valence-corrected chi connectivity index (χ2v) is 8.28. The van der Waals surface area contributed by atoms with Crippen LogP contribution in [-0.2, 0) is 10.2 Å². The average molecular weight is 328 g/mol. The molecule has 3 atom stereocenters. The monoisotopic (exact) mass is 328 g/mol. The molecule has 3 heterocycles. The van der Waals surface area contributed by atoms with Crippen molar-refractivity contribution in [2.75, 3.05) is 26.2 Å². The van der Waals surface area contributed by atoms with E-state index in [2.05, 4.69) is 9.80 Å². The third-order valence-corrected chi connectivity index (χ3v) is 6.96. The largest absolute Gasteiger partial charge is 0.341 e. The summed E-state index contributed by atoms with van der Waals surface area (Å²) in [7, 11) is 0. The molecular formula is C20H25FN2O. The summed E-state index contributed by atoms with van der Waals surface area (Å²) in [6.45, 7) is 4.31. The Hall–Kier alpha value is -1.42. The fraction of sp³-hybridized carbons (Fsp3) is 0.650. The molecule has 4 aliphatic rings. The third kappa shape index (κ3) is 2.15. The molecule has 4 heteroatoms. The number of piperidine rings is 1. The molecule has 3 nitrogen and oxygen atoms in total. The van der Waals surface area contributed by atoms with Crippen molar-refractivity contribution in [2.45, 2.75) is 43.6 Å². The highest BCUT2D eigenvalue weighted by Crippen LogP contribution is 2.51. The lowest BCUT2D eigenvalue weighted by Gasteiger charge is -2.33. The lowest BCUT2D eigenvalue weighted by molar-refractivity contribution is -0.133. The van der Waals surface area contributed by atoms with Gasteiger partial charge in [0, 0.05) is 25.7 Å². The Balaban J connectivity index is 1.33. The Labute approximate surface area is 142 Å². The van der Waals surface area contributed by atoms with Gasteiger partial charge in [-0.15, -0.1) is 0 Å². The van der Waals surface area contributed by atoms with E-state index in [0.717, 1.165) is 31.5 Å². The van der Waals surface area contributed by atoms with Crippen LogP contribution in [0.15, 0.2) is 24.3 Å². The quantitative estimate of drug-likeness (QED) is 0.833. The number of carbonyl (C=O) groups excluding carboxylic acids is 1. The maximum absolute atomic E-state index is 13.2. The number of carbonyl (C=O) groups is 1. The number of amides is 1. The second kappa shape index (κ2) is 5.29. The Kier molecular flexibility index (Phi) is 3.28. The van der Waals surface area contributed by atoms with Gasteiger partial charge in [-0.25, -0.2) is 4.39 Å². The maximum Gasteiger partial charge on any atom is 0.233 e. The van der Waals surface area contributed by atoms with E-state index in [1.54, 1.807) is 12.1 Å². The summed E-state index contributed by atoms with van der Waals surface area (Å²) in [6.07, 6.45) is 5.83. The van der Waals surface area contributed by atoms with Crippen LogP contribution in [0.1, 0.15) is 37.7 Å². The molecule has 0 aromatic heterocycles. The third-order valence-electron chi connectivity index (χ3n) is 6.96. The minimum Gasteiger partial charge on any atom is -0.341 e. The minimum absolute atomic E-state index is 0.227. The van der Waals surface area contributed by atoms with Gasteiger partial charge in [0.15, 0.2) is 0 Å². The summed E-state index contributed by atoms with van der Waals surface area (Å²) in [5, 5.41) is 0. The van der Waals surface area contributed by atoms with Crippen LogP contribution in [0, 0.1) is 17.7 Å². The van der Waals surface area contributed by atoms with Crippen LogP contribution < -0.4 is 0 Å². The van der Waals surface area contributed by atoms with Crippen molar-refractivity contribution in [2.24, 2.45) is 11.8 Å². The summed E-state index contributed by atoms with van der Waals surface area (Å²) in [4.78, 5) is 18.0. The average Bonchev–Trinajstić information content (AvgIpc) is 3.18. The molecule has 5 rings (SSSR count). The first-order valence-electron chi connectivity index (χ1n) is 9.47. The Morgan fingerprint density at radius 3 is 2.62 bits per heavy atom. The summed E-state index contributed by atoms with van der Waals surface area (Å²) in [6, 6.07) is 7.30. The first kappa shape index (κ1) is 14.9. The molecule has 128 valence electrons. The number of hydrogen-bond acceptors (Lipinski definition) is 2. The van der Waals surface area contributed by atoms with Crippen molar-refractivity contribution in [3.63, 3.8) is 0 Å². The molecule has 0 spiro atoms. The highest BCUT2D eigenvalue weighted by molar-refractivity contribution is 5.91. The van der Waals surface area contributed by atoms with Gasteiger partial charge < -0.3 is 4.90 Å². The molecule has 3 saturated heterocycles. The van der Waals surface area contributed by atoms with E-state index in [0.29, 0.717) is 23.8 Å². The van der Waals surface area contributed by atoms with Crippen molar-refractivity contribution in [3.05, 3.63) is 35.6 Å². The van der Waals surface area contributed by atoms with Crippen LogP contribution in [0.4, 0.5) is 4.39 Å². The van der Waals surface area contributed by atoms with Gasteiger partial charge in [-0.3, -0.25) is 9.69 Å². The van der Waals surface area contributed by atoms with Crippen LogP contribution in [0.5, 0.6) is 0 Å². The zero-order valence-electron chi connectivity index (χ0n) is 14.1. The van der Waals surface area contributed by atoms with Gasteiger partial charge in [0.25, 0.3) is 0 Å². The topological polar surface area (TPSA) is 23.6 Å². The molecule has 0 unspecified atom stereocenters. The standard InChI is InChI=1S/C20H25FN2O/c21-16-6-4-15(5-7-16)20(8-9-20)19(24)23-12-14-11-22-10-2-1-3-18(22)17(14)13-23/h4-7,14,17-18H,1-3,8-13H2/t14-,17-,18+/m0/s1. The number of rotatable bonds is 2. The molecule has 24 heavy (non-hydrogen) atoms. The maximum atomic E-state index is 13.2. The van der Waals surface area contributed by atoms with Gasteiger partial charge in [-0.1, -0.05) is 18.6 Å². The molecule has 0 N–H and O–H groups in total. The Bertz CT molecular complexity index is 654. The highest BCUT2D eigenvalue weighted by atomic mass is 19.1. The van der Waals surface area contributed by atoms with Crippen molar-refractivity contribution >= 4 is 5.91 Å². The fourth-order valence-electron chi connectivity index (χ4n) is 5.54. The van der Waals surface area contributed by atoms with Crippen LogP contribution in [0.25, 0.3) is 0 Å². The smallest absolute Gasteiger partial charge is 0.233 e. The lowest BCUT2D eigenvalue weighted by Crippen LogP contribution is -2.43. The van der Waals surface area contributed by atoms with Crippen molar-refractivity contribution in [3.8, 4) is 0 Å².